The molecule has 0 bridgehead atoms. The molecule has 0 saturated heterocycles. The molecule has 0 radical (unpaired) electrons. The van der Waals surface area contributed by atoms with Crippen LogP contribution in [-0.4, -0.2) is 43.0 Å². The molecular weight excluding hydrogens is 456 g/mol. The predicted octanol–water partition coefficient (Wildman–Crippen LogP) is 3.84. The summed E-state index contributed by atoms with van der Waals surface area (Å²) in [5, 5.41) is 22.8. The number of non-ortho nitro benzene ring substituents is 1. The highest BCUT2D eigenvalue weighted by atomic mass is 32.2. The van der Waals surface area contributed by atoms with E-state index in [-0.39, 0.29) is 17.3 Å². The summed E-state index contributed by atoms with van der Waals surface area (Å²) in [4.78, 5) is 22.8. The van der Waals surface area contributed by atoms with Crippen LogP contribution in [0.4, 0.5) is 11.4 Å². The molecule has 174 valence electrons. The molecule has 2 heterocycles. The molecule has 4 rings (SSSR count). The highest BCUT2D eigenvalue weighted by Crippen LogP contribution is 2.25. The Morgan fingerprint density at radius 1 is 1.12 bits per heavy atom. The lowest BCUT2D eigenvalue weighted by molar-refractivity contribution is -0.384. The van der Waals surface area contributed by atoms with Gasteiger partial charge in [0.15, 0.2) is 5.16 Å². The SMILES string of the molecule is COc1ccc(-n2c(Cc3cccn3C)nnc2SCC(=O)Nc2ccc([N+](=O)[O-])cc2)cc1. The van der Waals surface area contributed by atoms with Crippen LogP contribution in [0.1, 0.15) is 11.5 Å². The van der Waals surface area contributed by atoms with E-state index >= 15 is 0 Å². The topological polar surface area (TPSA) is 117 Å². The van der Waals surface area contributed by atoms with Gasteiger partial charge in [0.1, 0.15) is 11.6 Å². The number of thioether (sulfide) groups is 1. The number of rotatable bonds is 9. The molecule has 0 saturated carbocycles. The van der Waals surface area contributed by atoms with Crippen LogP contribution in [0.2, 0.25) is 0 Å². The first kappa shape index (κ1) is 23.1. The monoisotopic (exact) mass is 478 g/mol. The van der Waals surface area contributed by atoms with E-state index in [1.165, 1.54) is 36.0 Å². The standard InChI is InChI=1S/C23H22N6O4S/c1-27-13-3-4-19(27)14-21-25-26-23(28(21)17-9-11-20(33-2)12-10-17)34-15-22(30)24-16-5-7-18(8-6-16)29(31)32/h3-13H,14-15H2,1-2H3,(H,24,30). The van der Waals surface area contributed by atoms with Gasteiger partial charge in [-0.2, -0.15) is 0 Å². The van der Waals surface area contributed by atoms with Crippen LogP contribution < -0.4 is 10.1 Å². The number of nitro benzene ring substituents is 1. The summed E-state index contributed by atoms with van der Waals surface area (Å²) in [6.07, 6.45) is 2.54. The van der Waals surface area contributed by atoms with E-state index in [2.05, 4.69) is 15.5 Å². The number of carbonyl (C=O) groups excluding carboxylic acids is 1. The summed E-state index contributed by atoms with van der Waals surface area (Å²) in [6.45, 7) is 0. The number of carbonyl (C=O) groups is 1. The molecule has 10 nitrogen and oxygen atoms in total. The zero-order chi connectivity index (χ0) is 24.1. The Morgan fingerprint density at radius 3 is 2.47 bits per heavy atom. The number of hydrogen-bond donors (Lipinski definition) is 1. The molecule has 0 atom stereocenters. The van der Waals surface area contributed by atoms with Gasteiger partial charge in [0.2, 0.25) is 5.91 Å². The van der Waals surface area contributed by atoms with Crippen molar-refractivity contribution in [3.8, 4) is 11.4 Å². The maximum absolute atomic E-state index is 12.5. The highest BCUT2D eigenvalue weighted by Gasteiger charge is 2.17. The number of nitro groups is 1. The van der Waals surface area contributed by atoms with Crippen LogP contribution in [0, 0.1) is 10.1 Å². The van der Waals surface area contributed by atoms with Crippen molar-refractivity contribution in [2.45, 2.75) is 11.6 Å². The van der Waals surface area contributed by atoms with Gasteiger partial charge in [-0.15, -0.1) is 10.2 Å². The second-order valence-corrected chi connectivity index (χ2v) is 8.30. The van der Waals surface area contributed by atoms with Crippen molar-refractivity contribution in [3.63, 3.8) is 0 Å². The Balaban J connectivity index is 1.52. The zero-order valence-corrected chi connectivity index (χ0v) is 19.4. The van der Waals surface area contributed by atoms with E-state index < -0.39 is 4.92 Å². The molecule has 0 spiro atoms. The maximum atomic E-state index is 12.5. The van der Waals surface area contributed by atoms with Crippen LogP contribution in [0.3, 0.4) is 0 Å². The predicted molar refractivity (Wildman–Crippen MR) is 129 cm³/mol. The molecule has 0 fully saturated rings. The van der Waals surface area contributed by atoms with Crippen LogP contribution >= 0.6 is 11.8 Å². The lowest BCUT2D eigenvalue weighted by atomic mass is 10.2. The fourth-order valence-corrected chi connectivity index (χ4v) is 4.11. The molecule has 4 aromatic rings. The number of aromatic nitrogens is 4. The van der Waals surface area contributed by atoms with Gasteiger partial charge in [0.05, 0.1) is 17.8 Å². The van der Waals surface area contributed by atoms with E-state index in [9.17, 15) is 14.9 Å². The first-order valence-electron chi connectivity index (χ1n) is 10.3. The number of aryl methyl sites for hydroxylation is 1. The van der Waals surface area contributed by atoms with Gasteiger partial charge in [0.25, 0.3) is 5.69 Å². The summed E-state index contributed by atoms with van der Waals surface area (Å²) in [6, 6.07) is 17.2. The fraction of sp³-hybridized carbons (Fsp3) is 0.174. The van der Waals surface area contributed by atoms with Gasteiger partial charge in [-0.3, -0.25) is 19.5 Å². The summed E-state index contributed by atoms with van der Waals surface area (Å²) < 4.78 is 9.22. The minimum absolute atomic E-state index is 0.0364. The summed E-state index contributed by atoms with van der Waals surface area (Å²) >= 11 is 1.26. The second kappa shape index (κ2) is 10.2. The van der Waals surface area contributed by atoms with Crippen molar-refractivity contribution >= 4 is 29.0 Å². The number of benzene rings is 2. The number of hydrogen-bond acceptors (Lipinski definition) is 7. The Kier molecular flexibility index (Phi) is 6.93. The first-order chi connectivity index (χ1) is 16.4. The van der Waals surface area contributed by atoms with Crippen molar-refractivity contribution < 1.29 is 14.5 Å². The number of amides is 1. The molecule has 11 heteroatoms. The number of nitrogens with one attached hydrogen (secondary N) is 1. The highest BCUT2D eigenvalue weighted by molar-refractivity contribution is 7.99. The molecule has 1 amide bonds. The number of methoxy groups -OCH3 is 1. The Bertz CT molecular complexity index is 1300. The number of anilines is 1. The Labute approximate surface area is 199 Å². The lowest BCUT2D eigenvalue weighted by Gasteiger charge is -2.11. The Hall–Kier alpha value is -4.12. The van der Waals surface area contributed by atoms with Crippen molar-refractivity contribution in [1.82, 2.24) is 19.3 Å². The molecular formula is C23H22N6O4S. The normalized spacial score (nSPS) is 10.8. The van der Waals surface area contributed by atoms with E-state index in [0.29, 0.717) is 17.3 Å². The lowest BCUT2D eigenvalue weighted by Crippen LogP contribution is -2.14. The molecule has 2 aromatic carbocycles. The first-order valence-corrected chi connectivity index (χ1v) is 11.3. The van der Waals surface area contributed by atoms with Gasteiger partial charge >= 0.3 is 0 Å². The summed E-state index contributed by atoms with van der Waals surface area (Å²) in [7, 11) is 3.58. The molecule has 0 aliphatic carbocycles. The van der Waals surface area contributed by atoms with Gasteiger partial charge < -0.3 is 14.6 Å². The van der Waals surface area contributed by atoms with E-state index in [1.54, 1.807) is 7.11 Å². The molecule has 2 aromatic heterocycles. The quantitative estimate of drug-likeness (QED) is 0.221. The van der Waals surface area contributed by atoms with Crippen molar-refractivity contribution in [2.75, 3.05) is 18.2 Å². The van der Waals surface area contributed by atoms with E-state index in [4.69, 9.17) is 4.74 Å². The number of nitrogens with zero attached hydrogens (tertiary/aromatic N) is 5. The molecule has 0 unspecified atom stereocenters. The van der Waals surface area contributed by atoms with Crippen molar-refractivity contribution in [3.05, 3.63) is 88.5 Å². The molecule has 0 aliphatic heterocycles. The summed E-state index contributed by atoms with van der Waals surface area (Å²) in [5.74, 6) is 1.31. The van der Waals surface area contributed by atoms with Crippen molar-refractivity contribution in [1.29, 1.82) is 0 Å². The molecule has 0 aliphatic rings. The van der Waals surface area contributed by atoms with E-state index in [0.717, 1.165) is 23.0 Å². The van der Waals surface area contributed by atoms with Crippen molar-refractivity contribution in [2.24, 2.45) is 7.05 Å². The average molecular weight is 479 g/mol. The average Bonchev–Trinajstić information content (AvgIpc) is 3.44. The van der Waals surface area contributed by atoms with Crippen LogP contribution in [-0.2, 0) is 18.3 Å². The van der Waals surface area contributed by atoms with Crippen LogP contribution in [0.5, 0.6) is 5.75 Å². The molecule has 1 N–H and O–H groups in total. The minimum Gasteiger partial charge on any atom is -0.497 e. The number of ether oxygens (including phenoxy) is 1. The third-order valence-corrected chi connectivity index (χ3v) is 6.04. The third kappa shape index (κ3) is 5.26. The van der Waals surface area contributed by atoms with Crippen LogP contribution in [0.15, 0.2) is 72.0 Å². The minimum atomic E-state index is -0.486. The van der Waals surface area contributed by atoms with Gasteiger partial charge in [-0.25, -0.2) is 0 Å². The maximum Gasteiger partial charge on any atom is 0.269 e. The van der Waals surface area contributed by atoms with Gasteiger partial charge in [-0.1, -0.05) is 11.8 Å². The fourth-order valence-electron chi connectivity index (χ4n) is 3.33. The van der Waals surface area contributed by atoms with Gasteiger partial charge in [0, 0.05) is 48.9 Å². The molecule has 34 heavy (non-hydrogen) atoms. The Morgan fingerprint density at radius 2 is 1.85 bits per heavy atom. The zero-order valence-electron chi connectivity index (χ0n) is 18.5. The third-order valence-electron chi connectivity index (χ3n) is 5.12. The summed E-state index contributed by atoms with van der Waals surface area (Å²) in [5.41, 5.74) is 2.38. The smallest absolute Gasteiger partial charge is 0.269 e. The largest absolute Gasteiger partial charge is 0.497 e. The van der Waals surface area contributed by atoms with Crippen LogP contribution in [0.25, 0.3) is 5.69 Å². The second-order valence-electron chi connectivity index (χ2n) is 7.36. The van der Waals surface area contributed by atoms with E-state index in [1.807, 2.05) is 58.8 Å². The van der Waals surface area contributed by atoms with Gasteiger partial charge in [-0.05, 0) is 48.5 Å².